The van der Waals surface area contributed by atoms with Crippen molar-refractivity contribution in [2.75, 3.05) is 19.0 Å². The minimum atomic E-state index is -0.986. The Labute approximate surface area is 170 Å². The van der Waals surface area contributed by atoms with E-state index in [1.54, 1.807) is 29.1 Å². The van der Waals surface area contributed by atoms with Gasteiger partial charge in [-0.3, -0.25) is 4.79 Å². The molecule has 0 unspecified atom stereocenters. The third-order valence-electron chi connectivity index (χ3n) is 3.98. The molecule has 0 fully saturated rings. The van der Waals surface area contributed by atoms with E-state index >= 15 is 0 Å². The molecule has 1 N–H and O–H groups in total. The van der Waals surface area contributed by atoms with Crippen LogP contribution in [0.2, 0.25) is 0 Å². The highest BCUT2D eigenvalue weighted by Gasteiger charge is 2.20. The maximum atomic E-state index is 12.3. The largest absolute Gasteiger partial charge is 0.493 e. The number of carbonyl (C=O) groups excluding carboxylic acids is 2. The molecule has 29 heavy (non-hydrogen) atoms. The summed E-state index contributed by atoms with van der Waals surface area (Å²) in [4.78, 5) is 24.4. The van der Waals surface area contributed by atoms with Gasteiger partial charge in [-0.05, 0) is 45.4 Å². The van der Waals surface area contributed by atoms with Crippen molar-refractivity contribution in [3.63, 3.8) is 0 Å². The van der Waals surface area contributed by atoms with Crippen LogP contribution >= 0.6 is 0 Å². The number of hydrogen-bond donors (Lipinski definition) is 1. The lowest BCUT2D eigenvalue weighted by atomic mass is 10.2. The lowest BCUT2D eigenvalue weighted by Gasteiger charge is -2.16. The third-order valence-corrected chi connectivity index (χ3v) is 3.98. The zero-order valence-corrected chi connectivity index (χ0v) is 17.3. The topological polar surface area (TPSA) is 91.7 Å². The quantitative estimate of drug-likeness (QED) is 0.647. The number of esters is 1. The Morgan fingerprint density at radius 3 is 2.62 bits per heavy atom. The van der Waals surface area contributed by atoms with Crippen LogP contribution < -0.4 is 14.8 Å². The van der Waals surface area contributed by atoms with Gasteiger partial charge in [0, 0.05) is 12.1 Å². The molecule has 0 aliphatic heterocycles. The number of nitrogens with one attached hydrogen (secondary N) is 1. The van der Waals surface area contributed by atoms with Crippen molar-refractivity contribution in [2.24, 2.45) is 0 Å². The van der Waals surface area contributed by atoms with E-state index in [-0.39, 0.29) is 12.6 Å². The molecule has 2 aromatic rings. The number of rotatable bonds is 9. The molecule has 1 heterocycles. The second kappa shape index (κ2) is 10.3. The number of methoxy groups -OCH3 is 1. The third kappa shape index (κ3) is 6.10. The van der Waals surface area contributed by atoms with Crippen LogP contribution in [0.25, 0.3) is 6.08 Å². The summed E-state index contributed by atoms with van der Waals surface area (Å²) in [5.41, 5.74) is 0.949. The van der Waals surface area contributed by atoms with Gasteiger partial charge in [-0.2, -0.15) is 5.10 Å². The molecule has 1 aromatic carbocycles. The van der Waals surface area contributed by atoms with Gasteiger partial charge in [-0.25, -0.2) is 9.48 Å². The van der Waals surface area contributed by atoms with Crippen LogP contribution in [-0.2, 0) is 14.3 Å². The summed E-state index contributed by atoms with van der Waals surface area (Å²) < 4.78 is 17.6. The standard InChI is InChI=1S/C21H27N3O5/c1-6-7-16-8-9-17(18(12-16)27-5)28-13-20(25)29-15(4)21(26)23-19-10-11-22-24(19)14(2)3/h6-12,14-15H,13H2,1-5H3,(H,23,26)/b7-6+/t15-/m1/s1. The molecule has 0 spiro atoms. The van der Waals surface area contributed by atoms with Crippen molar-refractivity contribution in [2.45, 2.75) is 39.8 Å². The van der Waals surface area contributed by atoms with E-state index in [9.17, 15) is 9.59 Å². The Balaban J connectivity index is 1.90. The van der Waals surface area contributed by atoms with Gasteiger partial charge in [0.15, 0.2) is 24.2 Å². The summed E-state index contributed by atoms with van der Waals surface area (Å²) in [5, 5.41) is 6.85. The summed E-state index contributed by atoms with van der Waals surface area (Å²) in [6, 6.07) is 7.12. The van der Waals surface area contributed by atoms with Gasteiger partial charge >= 0.3 is 5.97 Å². The summed E-state index contributed by atoms with van der Waals surface area (Å²) in [6.07, 6.45) is 4.44. The molecule has 8 nitrogen and oxygen atoms in total. The predicted octanol–water partition coefficient (Wildman–Crippen LogP) is 3.45. The number of amides is 1. The molecule has 1 aromatic heterocycles. The van der Waals surface area contributed by atoms with Crippen LogP contribution in [0.15, 0.2) is 36.5 Å². The molecule has 8 heteroatoms. The van der Waals surface area contributed by atoms with Gasteiger partial charge in [0.2, 0.25) is 0 Å². The highest BCUT2D eigenvalue weighted by Crippen LogP contribution is 2.28. The van der Waals surface area contributed by atoms with Gasteiger partial charge in [0.05, 0.1) is 13.3 Å². The van der Waals surface area contributed by atoms with E-state index in [1.165, 1.54) is 14.0 Å². The maximum absolute atomic E-state index is 12.3. The van der Waals surface area contributed by atoms with Crippen LogP contribution in [0.4, 0.5) is 5.82 Å². The Morgan fingerprint density at radius 1 is 1.21 bits per heavy atom. The molecule has 0 aliphatic carbocycles. The Bertz CT molecular complexity index is 873. The number of carbonyl (C=O) groups is 2. The van der Waals surface area contributed by atoms with Gasteiger partial charge in [0.25, 0.3) is 5.91 Å². The fourth-order valence-electron chi connectivity index (χ4n) is 2.57. The second-order valence-corrected chi connectivity index (χ2v) is 6.58. The number of ether oxygens (including phenoxy) is 3. The van der Waals surface area contributed by atoms with Crippen molar-refractivity contribution < 1.29 is 23.8 Å². The molecule has 0 saturated carbocycles. The molecule has 2 rings (SSSR count). The van der Waals surface area contributed by atoms with Gasteiger partial charge in [-0.15, -0.1) is 0 Å². The second-order valence-electron chi connectivity index (χ2n) is 6.58. The Hall–Kier alpha value is -3.29. The minimum Gasteiger partial charge on any atom is -0.493 e. The van der Waals surface area contributed by atoms with Crippen molar-refractivity contribution in [3.8, 4) is 11.5 Å². The van der Waals surface area contributed by atoms with E-state index < -0.39 is 18.0 Å². The number of anilines is 1. The van der Waals surface area contributed by atoms with E-state index in [2.05, 4.69) is 10.4 Å². The smallest absolute Gasteiger partial charge is 0.344 e. The Morgan fingerprint density at radius 2 is 1.97 bits per heavy atom. The lowest BCUT2D eigenvalue weighted by Crippen LogP contribution is -2.32. The van der Waals surface area contributed by atoms with Crippen LogP contribution in [0, 0.1) is 0 Å². The number of aromatic nitrogens is 2. The van der Waals surface area contributed by atoms with Crippen LogP contribution in [0.5, 0.6) is 11.5 Å². The fourth-order valence-corrected chi connectivity index (χ4v) is 2.57. The highest BCUT2D eigenvalue weighted by molar-refractivity contribution is 5.94. The molecular formula is C21H27N3O5. The van der Waals surface area contributed by atoms with Gasteiger partial charge < -0.3 is 19.5 Å². The van der Waals surface area contributed by atoms with Gasteiger partial charge in [0.1, 0.15) is 5.82 Å². The molecule has 0 radical (unpaired) electrons. The first-order chi connectivity index (χ1) is 13.8. The SMILES string of the molecule is C/C=C/c1ccc(OCC(=O)O[C@H](C)C(=O)Nc2ccnn2C(C)C)c(OC)c1. The number of benzene rings is 1. The molecular weight excluding hydrogens is 374 g/mol. The number of allylic oxidation sites excluding steroid dienone is 1. The van der Waals surface area contributed by atoms with E-state index in [0.717, 1.165) is 5.56 Å². The first-order valence-corrected chi connectivity index (χ1v) is 9.33. The first kappa shape index (κ1) is 22.0. The van der Waals surface area contributed by atoms with E-state index in [0.29, 0.717) is 17.3 Å². The summed E-state index contributed by atoms with van der Waals surface area (Å²) in [5.74, 6) is 0.338. The normalized spacial score (nSPS) is 12.1. The van der Waals surface area contributed by atoms with E-state index in [1.807, 2.05) is 39.0 Å². The molecule has 0 bridgehead atoms. The van der Waals surface area contributed by atoms with Crippen molar-refractivity contribution in [3.05, 3.63) is 42.1 Å². The fraction of sp³-hybridized carbons (Fsp3) is 0.381. The molecule has 1 amide bonds. The van der Waals surface area contributed by atoms with Crippen molar-refractivity contribution in [1.82, 2.24) is 9.78 Å². The zero-order chi connectivity index (χ0) is 21.4. The monoisotopic (exact) mass is 401 g/mol. The molecule has 0 aliphatic rings. The molecule has 1 atom stereocenters. The summed E-state index contributed by atoms with van der Waals surface area (Å²) in [7, 11) is 1.52. The number of nitrogens with zero attached hydrogens (tertiary/aromatic N) is 2. The zero-order valence-electron chi connectivity index (χ0n) is 17.3. The van der Waals surface area contributed by atoms with E-state index in [4.69, 9.17) is 14.2 Å². The average molecular weight is 401 g/mol. The lowest BCUT2D eigenvalue weighted by molar-refractivity contribution is -0.155. The molecule has 0 saturated heterocycles. The first-order valence-electron chi connectivity index (χ1n) is 9.33. The van der Waals surface area contributed by atoms with Crippen LogP contribution in [0.1, 0.15) is 39.3 Å². The van der Waals surface area contributed by atoms with Crippen LogP contribution in [0.3, 0.4) is 0 Å². The van der Waals surface area contributed by atoms with Crippen LogP contribution in [-0.4, -0.2) is 41.5 Å². The molecule has 156 valence electrons. The maximum Gasteiger partial charge on any atom is 0.344 e. The summed E-state index contributed by atoms with van der Waals surface area (Å²) >= 11 is 0. The van der Waals surface area contributed by atoms with Gasteiger partial charge in [-0.1, -0.05) is 18.2 Å². The average Bonchev–Trinajstić information content (AvgIpc) is 3.15. The van der Waals surface area contributed by atoms with Crippen molar-refractivity contribution in [1.29, 1.82) is 0 Å². The van der Waals surface area contributed by atoms with Crippen molar-refractivity contribution >= 4 is 23.8 Å². The minimum absolute atomic E-state index is 0.0840. The highest BCUT2D eigenvalue weighted by atomic mass is 16.6. The predicted molar refractivity (Wildman–Crippen MR) is 110 cm³/mol. The summed E-state index contributed by atoms with van der Waals surface area (Å²) in [6.45, 7) is 6.96. The number of hydrogen-bond acceptors (Lipinski definition) is 6. The Kier molecular flexibility index (Phi) is 7.82.